The summed E-state index contributed by atoms with van der Waals surface area (Å²) in [6.45, 7) is 2.05. The number of methoxy groups -OCH3 is 1. The number of aryl methyl sites for hydroxylation is 1. The Morgan fingerprint density at radius 3 is 2.84 bits per heavy atom. The van der Waals surface area contributed by atoms with E-state index in [1.54, 1.807) is 7.11 Å². The molecule has 5 heteroatoms. The number of para-hydroxylation sites is 1. The Morgan fingerprint density at radius 2 is 1.97 bits per heavy atom. The number of hydrogen-bond acceptors (Lipinski definition) is 5. The summed E-state index contributed by atoms with van der Waals surface area (Å²) < 4.78 is 12.7. The lowest BCUT2D eigenvalue weighted by atomic mass is 9.48. The van der Waals surface area contributed by atoms with Crippen LogP contribution in [0.5, 0.6) is 11.5 Å². The fourth-order valence-electron chi connectivity index (χ4n) is 8.10. The summed E-state index contributed by atoms with van der Waals surface area (Å²) in [5.41, 5.74) is 4.26. The monoisotopic (exact) mass is 432 g/mol. The highest BCUT2D eigenvalue weighted by atomic mass is 16.5. The molecule has 1 saturated heterocycles. The van der Waals surface area contributed by atoms with Gasteiger partial charge in [-0.2, -0.15) is 0 Å². The van der Waals surface area contributed by atoms with Crippen molar-refractivity contribution in [3.05, 3.63) is 53.1 Å². The molecule has 2 bridgehead atoms. The minimum atomic E-state index is -0.763. The second kappa shape index (κ2) is 6.42. The molecule has 32 heavy (non-hydrogen) atoms. The van der Waals surface area contributed by atoms with Gasteiger partial charge in [-0.1, -0.05) is 24.3 Å². The Hall–Kier alpha value is -2.24. The van der Waals surface area contributed by atoms with E-state index in [4.69, 9.17) is 9.47 Å². The van der Waals surface area contributed by atoms with Gasteiger partial charge in [0.25, 0.3) is 0 Å². The van der Waals surface area contributed by atoms with E-state index in [1.807, 2.05) is 0 Å². The van der Waals surface area contributed by atoms with Crippen LogP contribution in [0.3, 0.4) is 0 Å². The summed E-state index contributed by atoms with van der Waals surface area (Å²) in [6.07, 6.45) is 5.84. The van der Waals surface area contributed by atoms with Gasteiger partial charge in [-0.15, -0.1) is 0 Å². The highest BCUT2D eigenvalue weighted by Gasteiger charge is 2.73. The zero-order valence-corrected chi connectivity index (χ0v) is 19.0. The summed E-state index contributed by atoms with van der Waals surface area (Å²) in [5, 5.41) is 12.5. The van der Waals surface area contributed by atoms with Crippen LogP contribution < -0.4 is 14.4 Å². The van der Waals surface area contributed by atoms with E-state index in [2.05, 4.69) is 53.2 Å². The topological polar surface area (TPSA) is 45.2 Å². The van der Waals surface area contributed by atoms with Crippen molar-refractivity contribution in [1.82, 2.24) is 4.90 Å². The standard InChI is InChI=1S/C27H32N2O3/c1-28-15-13-26-23-18-9-10-21(31-2)24(23)32-25(26)20(11-12-27(26,30)22(28)16-18)29-14-5-7-17-6-3-4-8-19(17)29/h3-4,6,8-10,20,22,25,30H,5,7,11-16H2,1-2H3/t20-,22+,25+,26+,27-/m1/s1. The third-order valence-corrected chi connectivity index (χ3v) is 9.45. The number of hydrogen-bond donors (Lipinski definition) is 1. The number of piperidine rings is 1. The molecule has 0 amide bonds. The first-order valence-corrected chi connectivity index (χ1v) is 12.2. The van der Waals surface area contributed by atoms with Gasteiger partial charge in [0.15, 0.2) is 11.5 Å². The molecule has 2 aliphatic carbocycles. The normalized spacial score (nSPS) is 36.8. The van der Waals surface area contributed by atoms with Gasteiger partial charge >= 0.3 is 0 Å². The maximum absolute atomic E-state index is 12.5. The number of ether oxygens (including phenoxy) is 2. The lowest BCUT2D eigenvalue weighted by molar-refractivity contribution is -0.184. The number of aliphatic hydroxyl groups is 1. The fourth-order valence-corrected chi connectivity index (χ4v) is 8.10. The Balaban J connectivity index is 1.43. The number of anilines is 1. The maximum atomic E-state index is 12.5. The van der Waals surface area contributed by atoms with Gasteiger partial charge in [-0.25, -0.2) is 0 Å². The lowest BCUT2D eigenvalue weighted by Crippen LogP contribution is -2.78. The molecule has 1 N–H and O–H groups in total. The van der Waals surface area contributed by atoms with E-state index in [-0.39, 0.29) is 23.6 Å². The van der Waals surface area contributed by atoms with Crippen molar-refractivity contribution in [2.75, 3.05) is 32.1 Å². The first-order valence-electron chi connectivity index (χ1n) is 12.2. The van der Waals surface area contributed by atoms with E-state index in [1.165, 1.54) is 28.8 Å². The van der Waals surface area contributed by atoms with E-state index >= 15 is 0 Å². The van der Waals surface area contributed by atoms with E-state index in [9.17, 15) is 5.11 Å². The molecule has 1 spiro atoms. The smallest absolute Gasteiger partial charge is 0.166 e. The Labute approximate surface area is 189 Å². The summed E-state index contributed by atoms with van der Waals surface area (Å²) in [7, 11) is 3.91. The van der Waals surface area contributed by atoms with Crippen molar-refractivity contribution in [1.29, 1.82) is 0 Å². The van der Waals surface area contributed by atoms with Gasteiger partial charge in [-0.3, -0.25) is 0 Å². The number of rotatable bonds is 2. The lowest BCUT2D eigenvalue weighted by Gasteiger charge is -2.64. The van der Waals surface area contributed by atoms with Gasteiger partial charge in [0.1, 0.15) is 6.10 Å². The fraction of sp³-hybridized carbons (Fsp3) is 0.556. The maximum Gasteiger partial charge on any atom is 0.166 e. The van der Waals surface area contributed by atoms with Crippen molar-refractivity contribution in [2.24, 2.45) is 0 Å². The molecule has 3 aliphatic heterocycles. The van der Waals surface area contributed by atoms with Crippen LogP contribution in [0.15, 0.2) is 36.4 Å². The summed E-state index contributed by atoms with van der Waals surface area (Å²) in [6, 6.07) is 13.5. The predicted octanol–water partition coefficient (Wildman–Crippen LogP) is 3.30. The molecular formula is C27H32N2O3. The second-order valence-corrected chi connectivity index (χ2v) is 10.5. The molecule has 5 atom stereocenters. The molecular weight excluding hydrogens is 400 g/mol. The summed E-state index contributed by atoms with van der Waals surface area (Å²) in [4.78, 5) is 5.00. The van der Waals surface area contributed by atoms with Crippen molar-refractivity contribution >= 4 is 5.69 Å². The first kappa shape index (κ1) is 19.2. The zero-order valence-electron chi connectivity index (χ0n) is 19.0. The molecule has 1 saturated carbocycles. The van der Waals surface area contributed by atoms with Crippen LogP contribution >= 0.6 is 0 Å². The molecule has 0 unspecified atom stereocenters. The van der Waals surface area contributed by atoms with Crippen LogP contribution in [0.1, 0.15) is 42.4 Å². The van der Waals surface area contributed by atoms with Crippen LogP contribution in [0.4, 0.5) is 5.69 Å². The van der Waals surface area contributed by atoms with Crippen LogP contribution in [0.25, 0.3) is 0 Å². The van der Waals surface area contributed by atoms with Gasteiger partial charge in [-0.05, 0) is 75.4 Å². The van der Waals surface area contributed by atoms with Crippen LogP contribution in [-0.4, -0.2) is 61.0 Å². The largest absolute Gasteiger partial charge is 0.493 e. The predicted molar refractivity (Wildman–Crippen MR) is 124 cm³/mol. The molecule has 0 radical (unpaired) electrons. The molecule has 5 aliphatic rings. The SMILES string of the molecule is COc1ccc2c3c1O[C@H]1[C@H](N4CCCc5ccccc54)CC[C@@]4(O)[C@H](C2)N(C)CC[C@]314. The summed E-state index contributed by atoms with van der Waals surface area (Å²) in [5.74, 6) is 1.71. The van der Waals surface area contributed by atoms with Gasteiger partial charge in [0.2, 0.25) is 0 Å². The molecule has 7 rings (SSSR count). The molecule has 5 nitrogen and oxygen atoms in total. The number of fused-ring (bicyclic) bond motifs is 1. The van der Waals surface area contributed by atoms with Gasteiger partial charge in [0.05, 0.1) is 24.2 Å². The van der Waals surface area contributed by atoms with E-state index < -0.39 is 5.60 Å². The average Bonchev–Trinajstić information content (AvgIpc) is 3.17. The minimum Gasteiger partial charge on any atom is -0.493 e. The summed E-state index contributed by atoms with van der Waals surface area (Å²) >= 11 is 0. The highest BCUT2D eigenvalue weighted by Crippen LogP contribution is 2.66. The third-order valence-electron chi connectivity index (χ3n) is 9.45. The number of nitrogens with zero attached hydrogens (tertiary/aromatic N) is 2. The molecule has 2 aromatic carbocycles. The molecule has 0 aromatic heterocycles. The van der Waals surface area contributed by atoms with Gasteiger partial charge < -0.3 is 24.4 Å². The molecule has 2 fully saturated rings. The number of benzene rings is 2. The quantitative estimate of drug-likeness (QED) is 0.789. The van der Waals surface area contributed by atoms with Crippen molar-refractivity contribution in [3.63, 3.8) is 0 Å². The van der Waals surface area contributed by atoms with Crippen molar-refractivity contribution < 1.29 is 14.6 Å². The van der Waals surface area contributed by atoms with Crippen LogP contribution in [0.2, 0.25) is 0 Å². The minimum absolute atomic E-state index is 0.0612. The Bertz CT molecular complexity index is 1100. The van der Waals surface area contributed by atoms with Gasteiger partial charge in [0, 0.05) is 23.8 Å². The van der Waals surface area contributed by atoms with E-state index in [0.717, 1.165) is 56.7 Å². The first-order chi connectivity index (χ1) is 15.6. The third kappa shape index (κ3) is 2.12. The average molecular weight is 433 g/mol. The number of likely N-dealkylation sites (tertiary alicyclic amines) is 1. The molecule has 168 valence electrons. The number of likely N-dealkylation sites (N-methyl/N-ethyl adjacent to an activating group) is 1. The molecule has 3 heterocycles. The van der Waals surface area contributed by atoms with Crippen LogP contribution in [-0.2, 0) is 18.3 Å². The highest BCUT2D eigenvalue weighted by molar-refractivity contribution is 5.64. The van der Waals surface area contributed by atoms with E-state index in [0.29, 0.717) is 0 Å². The Morgan fingerprint density at radius 1 is 1.09 bits per heavy atom. The Kier molecular flexibility index (Phi) is 3.86. The zero-order chi connectivity index (χ0) is 21.7. The van der Waals surface area contributed by atoms with Crippen LogP contribution in [0, 0.1) is 0 Å². The van der Waals surface area contributed by atoms with Crippen molar-refractivity contribution in [3.8, 4) is 11.5 Å². The second-order valence-electron chi connectivity index (χ2n) is 10.5. The van der Waals surface area contributed by atoms with Crippen molar-refractivity contribution in [2.45, 2.75) is 67.7 Å². The molecule has 2 aromatic rings.